The molecule has 2 saturated heterocycles. The van der Waals surface area contributed by atoms with Gasteiger partial charge in [-0.05, 0) is 68.1 Å². The Morgan fingerprint density at radius 2 is 1.80 bits per heavy atom. The lowest BCUT2D eigenvalue weighted by Crippen LogP contribution is -2.70. The highest BCUT2D eigenvalue weighted by molar-refractivity contribution is 7.99. The molecular weight excluding hydrogens is 719 g/mol. The SMILES string of the molecule is COc1cc2c(cc1O)CCN[C@]21CS[C@@H]2c3c(OC(C)=O)c(C)c4c(c3[C@H](COC1=O)N1[C@@H]2C2c3c(cc(C)c(OC)c3O)CC([C@@H]1O)N2C)OCO4. The zero-order valence-corrected chi connectivity index (χ0v) is 31.7. The Morgan fingerprint density at radius 1 is 1.02 bits per heavy atom. The van der Waals surface area contributed by atoms with Crippen LogP contribution < -0.4 is 29.0 Å². The van der Waals surface area contributed by atoms with E-state index in [-0.39, 0.29) is 42.4 Å². The molecule has 2 fully saturated rings. The summed E-state index contributed by atoms with van der Waals surface area (Å²) in [7, 11) is 4.96. The van der Waals surface area contributed by atoms with E-state index >= 15 is 0 Å². The number of carbonyl (C=O) groups excluding carboxylic acids is 2. The fourth-order valence-electron chi connectivity index (χ4n) is 10.00. The molecule has 7 aliphatic rings. The van der Waals surface area contributed by atoms with Crippen molar-refractivity contribution in [3.8, 4) is 40.2 Å². The third kappa shape index (κ3) is 4.74. The molecule has 7 heterocycles. The Kier molecular flexibility index (Phi) is 8.21. The van der Waals surface area contributed by atoms with Gasteiger partial charge in [-0.15, -0.1) is 11.8 Å². The number of nitrogens with one attached hydrogen (secondary N) is 1. The predicted molar refractivity (Wildman–Crippen MR) is 195 cm³/mol. The standard InChI is InChI=1S/C39H43N3O11S/c1-16-9-20-10-22-37(46)42-23-13-50-38(47)39(21-12-25(48-5)24(44)11-19(21)7-8-40-39)14-54-36(30(42)29(41(22)4)26(20)31(45)32(16)49-6)28-27(23)35-34(51-15-52-35)17(2)33(28)53-18(3)43/h9,11-12,22-23,29-30,36-37,40,44-46H,7-8,10,13-15H2,1-6H3/t22?,23-,29?,30+,36+,37-,39+/m0/s1. The minimum atomic E-state index is -1.36. The molecule has 0 aromatic heterocycles. The second-order valence-corrected chi connectivity index (χ2v) is 16.1. The molecule has 10 rings (SSSR count). The van der Waals surface area contributed by atoms with Crippen LogP contribution in [0, 0.1) is 13.8 Å². The fourth-order valence-corrected chi connectivity index (χ4v) is 11.7. The third-order valence-corrected chi connectivity index (χ3v) is 13.7. The van der Waals surface area contributed by atoms with E-state index in [1.54, 1.807) is 12.1 Å². The lowest BCUT2D eigenvalue weighted by Gasteiger charge is -2.62. The maximum Gasteiger partial charge on any atom is 0.331 e. The summed E-state index contributed by atoms with van der Waals surface area (Å²) in [5.41, 5.74) is 4.36. The summed E-state index contributed by atoms with van der Waals surface area (Å²) in [5.74, 6) is 0.949. The number of phenols is 2. The number of aromatic hydroxyl groups is 2. The number of aryl methyl sites for hydroxylation is 1. The average Bonchev–Trinajstić information content (AvgIpc) is 3.63. The normalized spacial score (nSPS) is 29.4. The number of nitrogens with zero attached hydrogens (tertiary/aromatic N) is 2. The second kappa shape index (κ2) is 12.6. The number of fused-ring (bicyclic) bond motifs is 9. The van der Waals surface area contributed by atoms with Crippen molar-refractivity contribution in [1.29, 1.82) is 0 Å². The molecule has 7 atom stereocenters. The number of benzene rings is 3. The molecule has 15 heteroatoms. The van der Waals surface area contributed by atoms with Gasteiger partial charge in [-0.25, -0.2) is 4.79 Å². The van der Waals surface area contributed by atoms with E-state index in [2.05, 4.69) is 10.2 Å². The van der Waals surface area contributed by atoms with Gasteiger partial charge in [0, 0.05) is 47.5 Å². The molecule has 4 bridgehead atoms. The Bertz CT molecular complexity index is 2130. The molecule has 54 heavy (non-hydrogen) atoms. The minimum absolute atomic E-state index is 0.0226. The zero-order valence-electron chi connectivity index (χ0n) is 30.8. The van der Waals surface area contributed by atoms with Crippen LogP contribution in [0.3, 0.4) is 0 Å². The number of ether oxygens (including phenoxy) is 6. The second-order valence-electron chi connectivity index (χ2n) is 14.9. The van der Waals surface area contributed by atoms with Gasteiger partial charge in [0.2, 0.25) is 6.79 Å². The number of esters is 2. The van der Waals surface area contributed by atoms with Crippen molar-refractivity contribution < 1.29 is 53.3 Å². The first-order valence-electron chi connectivity index (χ1n) is 18.1. The largest absolute Gasteiger partial charge is 0.504 e. The number of rotatable bonds is 3. The van der Waals surface area contributed by atoms with Gasteiger partial charge in [0.1, 0.15) is 18.6 Å². The lowest BCUT2D eigenvalue weighted by atomic mass is 9.73. The maximum absolute atomic E-state index is 14.7. The third-order valence-electron chi connectivity index (χ3n) is 12.3. The van der Waals surface area contributed by atoms with E-state index in [0.29, 0.717) is 70.2 Å². The summed E-state index contributed by atoms with van der Waals surface area (Å²) in [6.07, 6.45) is -0.0282. The summed E-state index contributed by atoms with van der Waals surface area (Å²) in [6, 6.07) is 3.13. The molecule has 3 aromatic carbocycles. The number of likely N-dealkylation sites (N-methyl/N-ethyl adjacent to an activating group) is 1. The van der Waals surface area contributed by atoms with E-state index in [9.17, 15) is 24.9 Å². The smallest absolute Gasteiger partial charge is 0.331 e. The molecule has 3 aromatic rings. The highest BCUT2D eigenvalue weighted by Gasteiger charge is 2.61. The molecule has 286 valence electrons. The van der Waals surface area contributed by atoms with E-state index < -0.39 is 47.1 Å². The molecule has 0 radical (unpaired) electrons. The number of piperazine rings is 1. The van der Waals surface area contributed by atoms with Crippen LogP contribution in [-0.2, 0) is 32.7 Å². The highest BCUT2D eigenvalue weighted by Crippen LogP contribution is 2.64. The van der Waals surface area contributed by atoms with Gasteiger partial charge in [-0.3, -0.25) is 19.9 Å². The Labute approximate surface area is 316 Å². The van der Waals surface area contributed by atoms with Crippen molar-refractivity contribution in [2.45, 2.75) is 74.8 Å². The van der Waals surface area contributed by atoms with Crippen LogP contribution in [0.25, 0.3) is 0 Å². The van der Waals surface area contributed by atoms with Crippen LogP contribution in [0.5, 0.6) is 40.2 Å². The number of aliphatic hydroxyl groups is 1. The fraction of sp³-hybridized carbons (Fsp3) is 0.487. The predicted octanol–water partition coefficient (Wildman–Crippen LogP) is 3.41. The number of carbonyl (C=O) groups is 2. The number of thioether (sulfide) groups is 1. The molecule has 4 N–H and O–H groups in total. The van der Waals surface area contributed by atoms with Gasteiger partial charge in [0.25, 0.3) is 0 Å². The monoisotopic (exact) mass is 761 g/mol. The van der Waals surface area contributed by atoms with Crippen molar-refractivity contribution in [2.75, 3.05) is 47.0 Å². The summed E-state index contributed by atoms with van der Waals surface area (Å²) in [6.45, 7) is 5.26. The molecule has 0 aliphatic carbocycles. The van der Waals surface area contributed by atoms with Crippen LogP contribution in [0.2, 0.25) is 0 Å². The zero-order chi connectivity index (χ0) is 38.0. The number of aliphatic hydroxyl groups excluding tert-OH is 1. The first kappa shape index (κ1) is 35.3. The van der Waals surface area contributed by atoms with Crippen molar-refractivity contribution >= 4 is 23.7 Å². The van der Waals surface area contributed by atoms with E-state index in [1.165, 1.54) is 32.9 Å². The molecule has 2 unspecified atom stereocenters. The number of hydrogen-bond acceptors (Lipinski definition) is 15. The van der Waals surface area contributed by atoms with Gasteiger partial charge < -0.3 is 43.7 Å². The number of hydrogen-bond donors (Lipinski definition) is 4. The molecule has 14 nitrogen and oxygen atoms in total. The van der Waals surface area contributed by atoms with Crippen molar-refractivity contribution in [1.82, 2.24) is 15.1 Å². The molecule has 0 saturated carbocycles. The van der Waals surface area contributed by atoms with Gasteiger partial charge in [0.15, 0.2) is 40.0 Å². The highest BCUT2D eigenvalue weighted by atomic mass is 32.2. The first-order chi connectivity index (χ1) is 25.9. The first-order valence-corrected chi connectivity index (χ1v) is 19.1. The molecule has 7 aliphatic heterocycles. The topological polar surface area (TPSA) is 169 Å². The maximum atomic E-state index is 14.7. The number of phenolic OH excluding ortho intramolecular Hbond substituents is 2. The molecule has 1 spiro atoms. The summed E-state index contributed by atoms with van der Waals surface area (Å²) in [5, 5.41) is 38.2. The van der Waals surface area contributed by atoms with Crippen LogP contribution in [0.1, 0.15) is 68.8 Å². The van der Waals surface area contributed by atoms with Crippen LogP contribution in [-0.4, -0.2) is 102 Å². The van der Waals surface area contributed by atoms with Crippen molar-refractivity contribution in [3.05, 3.63) is 62.7 Å². The Morgan fingerprint density at radius 3 is 2.54 bits per heavy atom. The van der Waals surface area contributed by atoms with Gasteiger partial charge in [-0.1, -0.05) is 6.07 Å². The minimum Gasteiger partial charge on any atom is -0.504 e. The average molecular weight is 762 g/mol. The quantitative estimate of drug-likeness (QED) is 0.226. The van der Waals surface area contributed by atoms with Crippen molar-refractivity contribution in [3.63, 3.8) is 0 Å². The summed E-state index contributed by atoms with van der Waals surface area (Å²) >= 11 is 1.47. The van der Waals surface area contributed by atoms with E-state index in [1.807, 2.05) is 31.9 Å². The number of methoxy groups -OCH3 is 2. The van der Waals surface area contributed by atoms with Crippen LogP contribution >= 0.6 is 11.8 Å². The van der Waals surface area contributed by atoms with Gasteiger partial charge in [0.05, 0.1) is 37.6 Å². The Hall–Kier alpha value is -4.41. The van der Waals surface area contributed by atoms with Gasteiger partial charge in [-0.2, -0.15) is 0 Å². The van der Waals surface area contributed by atoms with Crippen molar-refractivity contribution in [2.24, 2.45) is 0 Å². The summed E-state index contributed by atoms with van der Waals surface area (Å²) < 4.78 is 35.9. The van der Waals surface area contributed by atoms with E-state index in [4.69, 9.17) is 28.4 Å². The lowest BCUT2D eigenvalue weighted by molar-refractivity contribution is -0.186. The molecule has 0 amide bonds. The Balaban J connectivity index is 1.32. The van der Waals surface area contributed by atoms with Crippen LogP contribution in [0.4, 0.5) is 0 Å². The molecular formula is C39H43N3O11S. The van der Waals surface area contributed by atoms with Gasteiger partial charge >= 0.3 is 11.9 Å². The van der Waals surface area contributed by atoms with Crippen LogP contribution in [0.15, 0.2) is 18.2 Å². The van der Waals surface area contributed by atoms with E-state index in [0.717, 1.165) is 16.7 Å². The summed E-state index contributed by atoms with van der Waals surface area (Å²) in [4.78, 5) is 31.7.